The van der Waals surface area contributed by atoms with E-state index in [0.29, 0.717) is 17.1 Å². The summed E-state index contributed by atoms with van der Waals surface area (Å²) in [5, 5.41) is 19.9. The lowest BCUT2D eigenvalue weighted by Gasteiger charge is -2.16. The van der Waals surface area contributed by atoms with E-state index in [2.05, 4.69) is 0 Å². The second-order valence-electron chi connectivity index (χ2n) is 4.82. The van der Waals surface area contributed by atoms with Crippen LogP contribution in [-0.2, 0) is 0 Å². The molecular weight excluding hydrogens is 240 g/mol. The zero-order chi connectivity index (χ0) is 13.8. The Morgan fingerprint density at radius 2 is 1.63 bits per heavy atom. The van der Waals surface area contributed by atoms with Gasteiger partial charge >= 0.3 is 0 Å². The Kier molecular flexibility index (Phi) is 4.07. The minimum absolute atomic E-state index is 0.0480. The molecule has 0 saturated carbocycles. The summed E-state index contributed by atoms with van der Waals surface area (Å²) in [5.74, 6) is 1.35. The Balaban J connectivity index is 2.20. The number of hydrogen-bond donors (Lipinski definition) is 2. The first-order valence-corrected chi connectivity index (χ1v) is 6.32. The highest BCUT2D eigenvalue weighted by Gasteiger charge is 2.16. The molecule has 2 aromatic carbocycles. The van der Waals surface area contributed by atoms with E-state index in [0.717, 1.165) is 0 Å². The number of hydrogen-bond acceptors (Lipinski definition) is 3. The number of phenolic OH excluding ortho intramolecular Hbond substituents is 1. The second kappa shape index (κ2) is 5.76. The van der Waals surface area contributed by atoms with Crippen molar-refractivity contribution < 1.29 is 14.9 Å². The number of benzene rings is 2. The summed E-state index contributed by atoms with van der Waals surface area (Å²) in [6, 6.07) is 14.3. The molecular formula is C16H18O3. The molecule has 0 saturated heterocycles. The van der Waals surface area contributed by atoms with Crippen molar-refractivity contribution >= 4 is 0 Å². The van der Waals surface area contributed by atoms with Crippen molar-refractivity contribution in [3.05, 3.63) is 54.1 Å². The molecule has 1 atom stereocenters. The van der Waals surface area contributed by atoms with Crippen LogP contribution in [0.15, 0.2) is 48.5 Å². The number of aliphatic hydroxyl groups is 1. The normalized spacial score (nSPS) is 12.4. The molecule has 0 aromatic heterocycles. The van der Waals surface area contributed by atoms with Crippen molar-refractivity contribution in [3.8, 4) is 17.2 Å². The lowest BCUT2D eigenvalue weighted by molar-refractivity contribution is 0.124. The van der Waals surface area contributed by atoms with Crippen LogP contribution in [0.3, 0.4) is 0 Å². The van der Waals surface area contributed by atoms with E-state index < -0.39 is 6.10 Å². The summed E-state index contributed by atoms with van der Waals surface area (Å²) < 4.78 is 5.61. The molecule has 19 heavy (non-hydrogen) atoms. The Labute approximate surface area is 113 Å². The van der Waals surface area contributed by atoms with E-state index in [9.17, 15) is 10.2 Å². The molecule has 2 N–H and O–H groups in total. The van der Waals surface area contributed by atoms with E-state index in [4.69, 9.17) is 4.74 Å². The average molecular weight is 258 g/mol. The SMILES string of the molecule is CC(C)C(O)c1ccc(Oc2ccccc2)cc1O. The lowest BCUT2D eigenvalue weighted by atomic mass is 9.98. The highest BCUT2D eigenvalue weighted by Crippen LogP contribution is 2.33. The summed E-state index contributed by atoms with van der Waals surface area (Å²) in [4.78, 5) is 0. The number of phenols is 1. The first-order valence-electron chi connectivity index (χ1n) is 6.32. The maximum Gasteiger partial charge on any atom is 0.131 e. The summed E-state index contributed by atoms with van der Waals surface area (Å²) in [6.07, 6.45) is -0.675. The third-order valence-corrected chi connectivity index (χ3v) is 2.93. The van der Waals surface area contributed by atoms with Gasteiger partial charge in [0, 0.05) is 11.6 Å². The van der Waals surface area contributed by atoms with Crippen LogP contribution in [0.5, 0.6) is 17.2 Å². The summed E-state index contributed by atoms with van der Waals surface area (Å²) >= 11 is 0. The summed E-state index contributed by atoms with van der Waals surface area (Å²) in [6.45, 7) is 3.80. The van der Waals surface area contributed by atoms with Crippen LogP contribution in [0.25, 0.3) is 0 Å². The third-order valence-electron chi connectivity index (χ3n) is 2.93. The fourth-order valence-electron chi connectivity index (χ4n) is 1.82. The average Bonchev–Trinajstić information content (AvgIpc) is 2.39. The standard InChI is InChI=1S/C16H18O3/c1-11(2)16(18)14-9-8-13(10-15(14)17)19-12-6-4-3-5-7-12/h3-11,16-18H,1-2H3. The number of rotatable bonds is 4. The maximum atomic E-state index is 9.96. The third kappa shape index (κ3) is 3.26. The van der Waals surface area contributed by atoms with Crippen LogP contribution in [-0.4, -0.2) is 10.2 Å². The van der Waals surface area contributed by atoms with Crippen molar-refractivity contribution in [1.82, 2.24) is 0 Å². The Morgan fingerprint density at radius 3 is 2.21 bits per heavy atom. The number of ether oxygens (including phenoxy) is 1. The molecule has 0 heterocycles. The molecule has 3 nitrogen and oxygen atoms in total. The van der Waals surface area contributed by atoms with Gasteiger partial charge in [-0.25, -0.2) is 0 Å². The Morgan fingerprint density at radius 1 is 0.947 bits per heavy atom. The van der Waals surface area contributed by atoms with E-state index in [-0.39, 0.29) is 11.7 Å². The monoisotopic (exact) mass is 258 g/mol. The van der Waals surface area contributed by atoms with Crippen LogP contribution in [0.2, 0.25) is 0 Å². The molecule has 0 amide bonds. The van der Waals surface area contributed by atoms with Crippen LogP contribution in [0.1, 0.15) is 25.5 Å². The van der Waals surface area contributed by atoms with Crippen LogP contribution in [0.4, 0.5) is 0 Å². The summed E-state index contributed by atoms with van der Waals surface area (Å²) in [7, 11) is 0. The minimum Gasteiger partial charge on any atom is -0.507 e. The second-order valence-corrected chi connectivity index (χ2v) is 4.82. The Hall–Kier alpha value is -2.00. The van der Waals surface area contributed by atoms with Crippen molar-refractivity contribution in [1.29, 1.82) is 0 Å². The van der Waals surface area contributed by atoms with Crippen molar-refractivity contribution in [2.24, 2.45) is 5.92 Å². The fraction of sp³-hybridized carbons (Fsp3) is 0.250. The van der Waals surface area contributed by atoms with Gasteiger partial charge in [0.2, 0.25) is 0 Å². The molecule has 0 aliphatic heterocycles. The zero-order valence-corrected chi connectivity index (χ0v) is 11.1. The quantitative estimate of drug-likeness (QED) is 0.875. The van der Waals surface area contributed by atoms with Gasteiger partial charge in [-0.15, -0.1) is 0 Å². The number of aromatic hydroxyl groups is 1. The minimum atomic E-state index is -0.675. The van der Waals surface area contributed by atoms with Crippen molar-refractivity contribution in [3.63, 3.8) is 0 Å². The smallest absolute Gasteiger partial charge is 0.131 e. The van der Waals surface area contributed by atoms with Gasteiger partial charge in [0.25, 0.3) is 0 Å². The van der Waals surface area contributed by atoms with Crippen LogP contribution >= 0.6 is 0 Å². The zero-order valence-electron chi connectivity index (χ0n) is 11.1. The largest absolute Gasteiger partial charge is 0.507 e. The van der Waals surface area contributed by atoms with Gasteiger partial charge in [-0.05, 0) is 30.2 Å². The molecule has 0 radical (unpaired) electrons. The predicted molar refractivity (Wildman–Crippen MR) is 74.4 cm³/mol. The van der Waals surface area contributed by atoms with Gasteiger partial charge in [-0.1, -0.05) is 32.0 Å². The Bertz CT molecular complexity index is 535. The highest BCUT2D eigenvalue weighted by molar-refractivity contribution is 5.42. The van der Waals surface area contributed by atoms with Gasteiger partial charge < -0.3 is 14.9 Å². The predicted octanol–water partition coefficient (Wildman–Crippen LogP) is 3.87. The first kappa shape index (κ1) is 13.4. The molecule has 1 unspecified atom stereocenters. The van der Waals surface area contributed by atoms with Gasteiger partial charge in [-0.2, -0.15) is 0 Å². The van der Waals surface area contributed by atoms with Gasteiger partial charge in [0.1, 0.15) is 17.2 Å². The topological polar surface area (TPSA) is 49.7 Å². The van der Waals surface area contributed by atoms with Crippen molar-refractivity contribution in [2.75, 3.05) is 0 Å². The van der Waals surface area contributed by atoms with E-state index in [1.165, 1.54) is 6.07 Å². The van der Waals surface area contributed by atoms with Crippen LogP contribution < -0.4 is 4.74 Å². The maximum absolute atomic E-state index is 9.96. The molecule has 0 bridgehead atoms. The van der Waals surface area contributed by atoms with E-state index in [1.807, 2.05) is 44.2 Å². The number of aliphatic hydroxyl groups excluding tert-OH is 1. The first-order chi connectivity index (χ1) is 9.08. The summed E-state index contributed by atoms with van der Waals surface area (Å²) in [5.41, 5.74) is 0.524. The van der Waals surface area contributed by atoms with Gasteiger partial charge in [0.05, 0.1) is 6.10 Å². The number of para-hydroxylation sites is 1. The molecule has 2 aromatic rings. The van der Waals surface area contributed by atoms with Gasteiger partial charge in [-0.3, -0.25) is 0 Å². The fourth-order valence-corrected chi connectivity index (χ4v) is 1.82. The molecule has 0 fully saturated rings. The molecule has 2 rings (SSSR count). The lowest BCUT2D eigenvalue weighted by Crippen LogP contribution is -2.05. The van der Waals surface area contributed by atoms with E-state index >= 15 is 0 Å². The van der Waals surface area contributed by atoms with Gasteiger partial charge in [0.15, 0.2) is 0 Å². The van der Waals surface area contributed by atoms with E-state index in [1.54, 1.807) is 12.1 Å². The van der Waals surface area contributed by atoms with Crippen molar-refractivity contribution in [2.45, 2.75) is 20.0 Å². The van der Waals surface area contributed by atoms with Crippen LogP contribution in [0, 0.1) is 5.92 Å². The molecule has 0 spiro atoms. The molecule has 100 valence electrons. The molecule has 3 heteroatoms. The molecule has 0 aliphatic carbocycles. The molecule has 0 aliphatic rings. The highest BCUT2D eigenvalue weighted by atomic mass is 16.5.